The Bertz CT molecular complexity index is 306. The Morgan fingerprint density at radius 2 is 2.20 bits per heavy atom. The van der Waals surface area contributed by atoms with Crippen LogP contribution in [0.15, 0.2) is 0 Å². The highest BCUT2D eigenvalue weighted by atomic mass is 32.2. The van der Waals surface area contributed by atoms with Crippen LogP contribution in [0.25, 0.3) is 0 Å². The Morgan fingerprint density at radius 3 is 2.80 bits per heavy atom. The number of hydrogen-bond acceptors (Lipinski definition) is 4. The van der Waals surface area contributed by atoms with Crippen molar-refractivity contribution in [3.8, 4) is 0 Å². The van der Waals surface area contributed by atoms with E-state index in [1.807, 2.05) is 18.7 Å². The van der Waals surface area contributed by atoms with E-state index in [0.29, 0.717) is 6.04 Å². The van der Waals surface area contributed by atoms with Crippen molar-refractivity contribution in [2.45, 2.75) is 38.8 Å². The summed E-state index contributed by atoms with van der Waals surface area (Å²) < 4.78 is 0. The molecule has 0 saturated carbocycles. The van der Waals surface area contributed by atoms with Crippen molar-refractivity contribution < 1.29 is 0 Å². The zero-order valence-corrected chi connectivity index (χ0v) is 10.1. The molecule has 2 rings (SSSR count). The number of aromatic nitrogens is 3. The van der Waals surface area contributed by atoms with Crippen molar-refractivity contribution in [3.63, 3.8) is 0 Å². The molecule has 2 heterocycles. The lowest BCUT2D eigenvalue weighted by Crippen LogP contribution is -2.34. The van der Waals surface area contributed by atoms with Gasteiger partial charge in [-0.15, -0.1) is 0 Å². The first-order valence-electron chi connectivity index (χ1n) is 5.48. The van der Waals surface area contributed by atoms with Gasteiger partial charge in [-0.3, -0.25) is 5.10 Å². The molecular weight excluding hydrogens is 208 g/mol. The van der Waals surface area contributed by atoms with Crippen molar-refractivity contribution in [2.75, 3.05) is 11.5 Å². The largest absolute Gasteiger partial charge is 0.305 e. The Hall–Kier alpha value is -0.550. The van der Waals surface area contributed by atoms with Gasteiger partial charge in [0, 0.05) is 6.04 Å². The average molecular weight is 226 g/mol. The van der Waals surface area contributed by atoms with Gasteiger partial charge in [-0.25, -0.2) is 4.98 Å². The van der Waals surface area contributed by atoms with Gasteiger partial charge in [0.25, 0.3) is 0 Å². The summed E-state index contributed by atoms with van der Waals surface area (Å²) in [7, 11) is 0. The van der Waals surface area contributed by atoms with Crippen molar-refractivity contribution in [1.82, 2.24) is 20.5 Å². The summed E-state index contributed by atoms with van der Waals surface area (Å²) in [5.74, 6) is 4.32. The molecule has 1 fully saturated rings. The zero-order chi connectivity index (χ0) is 10.7. The molecule has 2 N–H and O–H groups in total. The molecule has 0 bridgehead atoms. The molecule has 4 nitrogen and oxygen atoms in total. The summed E-state index contributed by atoms with van der Waals surface area (Å²) in [6.45, 7) is 4.06. The Labute approximate surface area is 94.6 Å². The lowest BCUT2D eigenvalue weighted by atomic mass is 10.1. The van der Waals surface area contributed by atoms with E-state index in [0.717, 1.165) is 11.6 Å². The molecule has 0 aliphatic carbocycles. The van der Waals surface area contributed by atoms with Crippen LogP contribution < -0.4 is 5.32 Å². The lowest BCUT2D eigenvalue weighted by molar-refractivity contribution is 0.420. The van der Waals surface area contributed by atoms with Gasteiger partial charge in [-0.1, -0.05) is 0 Å². The summed E-state index contributed by atoms with van der Waals surface area (Å²) >= 11 is 2.05. The lowest BCUT2D eigenvalue weighted by Gasteiger charge is -2.25. The molecule has 0 spiro atoms. The fourth-order valence-corrected chi connectivity index (χ4v) is 2.95. The standard InChI is InChI=1S/C10H18N4S/c1-7(10-12-8(2)13-14-10)11-9-3-5-15-6-4-9/h7,9,11H,3-6H2,1-2H3,(H,12,13,14)/t7-/m1/s1. The first-order chi connectivity index (χ1) is 7.25. The highest BCUT2D eigenvalue weighted by Gasteiger charge is 2.18. The molecule has 1 aromatic rings. The predicted octanol–water partition coefficient (Wildman–Crippen LogP) is 1.66. The van der Waals surface area contributed by atoms with Gasteiger partial charge < -0.3 is 5.32 Å². The maximum Gasteiger partial charge on any atom is 0.167 e. The molecule has 1 atom stereocenters. The van der Waals surface area contributed by atoms with Crippen LogP contribution in [0.1, 0.15) is 37.5 Å². The number of nitrogens with one attached hydrogen (secondary N) is 2. The Kier molecular flexibility index (Phi) is 3.64. The molecule has 84 valence electrons. The van der Waals surface area contributed by atoms with Gasteiger partial charge in [0.15, 0.2) is 5.82 Å². The minimum Gasteiger partial charge on any atom is -0.305 e. The fraction of sp³-hybridized carbons (Fsp3) is 0.800. The zero-order valence-electron chi connectivity index (χ0n) is 9.29. The molecule has 0 radical (unpaired) electrons. The molecule has 1 aliphatic rings. The van der Waals surface area contributed by atoms with Crippen molar-refractivity contribution >= 4 is 11.8 Å². The summed E-state index contributed by atoms with van der Waals surface area (Å²) in [5.41, 5.74) is 0. The quantitative estimate of drug-likeness (QED) is 0.823. The van der Waals surface area contributed by atoms with E-state index >= 15 is 0 Å². The van der Waals surface area contributed by atoms with E-state index in [4.69, 9.17) is 0 Å². The van der Waals surface area contributed by atoms with Gasteiger partial charge in [0.1, 0.15) is 5.82 Å². The van der Waals surface area contributed by atoms with Gasteiger partial charge >= 0.3 is 0 Å². The number of thioether (sulfide) groups is 1. The number of rotatable bonds is 3. The van der Waals surface area contributed by atoms with E-state index in [1.54, 1.807) is 0 Å². The molecule has 0 amide bonds. The molecule has 0 aromatic carbocycles. The number of hydrogen-bond donors (Lipinski definition) is 2. The fourth-order valence-electron chi connectivity index (χ4n) is 1.85. The second kappa shape index (κ2) is 4.99. The first-order valence-corrected chi connectivity index (χ1v) is 6.64. The topological polar surface area (TPSA) is 53.6 Å². The number of H-pyrrole nitrogens is 1. The van der Waals surface area contributed by atoms with E-state index in [-0.39, 0.29) is 6.04 Å². The third kappa shape index (κ3) is 2.95. The Morgan fingerprint density at radius 1 is 1.47 bits per heavy atom. The van der Waals surface area contributed by atoms with Crippen molar-refractivity contribution in [3.05, 3.63) is 11.6 Å². The van der Waals surface area contributed by atoms with Gasteiger partial charge in [0.05, 0.1) is 6.04 Å². The highest BCUT2D eigenvalue weighted by molar-refractivity contribution is 7.99. The van der Waals surface area contributed by atoms with Crippen LogP contribution in [0.5, 0.6) is 0 Å². The maximum atomic E-state index is 4.34. The van der Waals surface area contributed by atoms with Crippen molar-refractivity contribution in [2.24, 2.45) is 0 Å². The minimum atomic E-state index is 0.253. The SMILES string of the molecule is Cc1nc([C@@H](C)NC2CCSCC2)n[nH]1. The summed E-state index contributed by atoms with van der Waals surface area (Å²) in [4.78, 5) is 4.34. The summed E-state index contributed by atoms with van der Waals surface area (Å²) in [5, 5.41) is 10.6. The van der Waals surface area contributed by atoms with Crippen LogP contribution in [0, 0.1) is 6.92 Å². The van der Waals surface area contributed by atoms with E-state index in [2.05, 4.69) is 27.4 Å². The second-order valence-electron chi connectivity index (χ2n) is 4.05. The Balaban J connectivity index is 1.88. The van der Waals surface area contributed by atoms with E-state index in [9.17, 15) is 0 Å². The molecule has 1 saturated heterocycles. The van der Waals surface area contributed by atoms with Crippen molar-refractivity contribution in [1.29, 1.82) is 0 Å². The normalized spacial score (nSPS) is 20.4. The van der Waals surface area contributed by atoms with Crippen LogP contribution in [-0.4, -0.2) is 32.7 Å². The summed E-state index contributed by atoms with van der Waals surface area (Å²) in [6, 6.07) is 0.892. The predicted molar refractivity (Wildman–Crippen MR) is 63.0 cm³/mol. The van der Waals surface area contributed by atoms with E-state index < -0.39 is 0 Å². The minimum absolute atomic E-state index is 0.253. The number of nitrogens with zero attached hydrogens (tertiary/aromatic N) is 2. The van der Waals surface area contributed by atoms with Gasteiger partial charge in [-0.2, -0.15) is 16.9 Å². The molecule has 1 aliphatic heterocycles. The number of aryl methyl sites for hydroxylation is 1. The van der Waals surface area contributed by atoms with Gasteiger partial charge in [-0.05, 0) is 38.2 Å². The molecular formula is C10H18N4S. The maximum absolute atomic E-state index is 4.34. The first kappa shape index (κ1) is 11.0. The molecule has 15 heavy (non-hydrogen) atoms. The number of aromatic amines is 1. The van der Waals surface area contributed by atoms with Crippen LogP contribution in [0.2, 0.25) is 0 Å². The highest BCUT2D eigenvalue weighted by Crippen LogP contribution is 2.19. The smallest absolute Gasteiger partial charge is 0.167 e. The van der Waals surface area contributed by atoms with Gasteiger partial charge in [0.2, 0.25) is 0 Å². The third-order valence-electron chi connectivity index (χ3n) is 2.71. The molecule has 1 aromatic heterocycles. The summed E-state index contributed by atoms with van der Waals surface area (Å²) in [6.07, 6.45) is 2.52. The second-order valence-corrected chi connectivity index (χ2v) is 5.28. The molecule has 5 heteroatoms. The third-order valence-corrected chi connectivity index (χ3v) is 3.76. The average Bonchev–Trinajstić information content (AvgIpc) is 2.66. The van der Waals surface area contributed by atoms with E-state index in [1.165, 1.54) is 24.3 Å². The van der Waals surface area contributed by atoms with Crippen LogP contribution in [-0.2, 0) is 0 Å². The van der Waals surface area contributed by atoms with Crippen LogP contribution >= 0.6 is 11.8 Å². The molecule has 0 unspecified atom stereocenters. The van der Waals surface area contributed by atoms with Crippen LogP contribution in [0.3, 0.4) is 0 Å². The monoisotopic (exact) mass is 226 g/mol. The van der Waals surface area contributed by atoms with Crippen LogP contribution in [0.4, 0.5) is 0 Å².